The van der Waals surface area contributed by atoms with Gasteiger partial charge in [-0.15, -0.1) is 0 Å². The Morgan fingerprint density at radius 3 is 2.88 bits per heavy atom. The van der Waals surface area contributed by atoms with E-state index in [4.69, 9.17) is 0 Å². The molecular formula is C11H13FN4. The zero-order chi connectivity index (χ0) is 11.5. The molecule has 4 nitrogen and oxygen atoms in total. The van der Waals surface area contributed by atoms with Gasteiger partial charge in [0.15, 0.2) is 5.82 Å². The first kappa shape index (κ1) is 10.8. The second-order valence-electron chi connectivity index (χ2n) is 3.63. The van der Waals surface area contributed by atoms with E-state index in [2.05, 4.69) is 15.4 Å². The van der Waals surface area contributed by atoms with Crippen molar-refractivity contribution in [2.24, 2.45) is 0 Å². The molecule has 5 heteroatoms. The quantitative estimate of drug-likeness (QED) is 0.851. The van der Waals surface area contributed by atoms with Crippen LogP contribution in [0.3, 0.4) is 0 Å². The largest absolute Gasteiger partial charge is 0.316 e. The summed E-state index contributed by atoms with van der Waals surface area (Å²) in [5, 5.41) is 7.14. The Kier molecular flexibility index (Phi) is 2.96. The monoisotopic (exact) mass is 220 g/mol. The lowest BCUT2D eigenvalue weighted by Gasteiger charge is -2.07. The number of pyridine rings is 1. The maximum Gasteiger partial charge on any atom is 0.157 e. The van der Waals surface area contributed by atoms with Crippen molar-refractivity contribution >= 4 is 0 Å². The average molecular weight is 220 g/mol. The van der Waals surface area contributed by atoms with Crippen molar-refractivity contribution in [3.8, 4) is 5.82 Å². The molecule has 0 saturated carbocycles. The van der Waals surface area contributed by atoms with E-state index < -0.39 is 0 Å². The molecule has 2 heterocycles. The van der Waals surface area contributed by atoms with Gasteiger partial charge in [0.25, 0.3) is 0 Å². The predicted octanol–water partition coefficient (Wildman–Crippen LogP) is 1.43. The van der Waals surface area contributed by atoms with E-state index in [0.717, 1.165) is 11.1 Å². The van der Waals surface area contributed by atoms with Gasteiger partial charge in [0.05, 0.1) is 12.4 Å². The highest BCUT2D eigenvalue weighted by Crippen LogP contribution is 2.12. The standard InChI is InChI=1S/C11H13FN4/c1-8-4-15-16(7-8)11-9(5-13-2)3-10(12)6-14-11/h3-4,6-7,13H,5H2,1-2H3. The molecule has 0 aliphatic rings. The molecular weight excluding hydrogens is 207 g/mol. The van der Waals surface area contributed by atoms with Gasteiger partial charge in [-0.05, 0) is 25.6 Å². The Morgan fingerprint density at radius 1 is 1.44 bits per heavy atom. The topological polar surface area (TPSA) is 42.7 Å². The lowest BCUT2D eigenvalue weighted by Crippen LogP contribution is -2.11. The van der Waals surface area contributed by atoms with Crippen LogP contribution in [-0.2, 0) is 6.54 Å². The first-order valence-electron chi connectivity index (χ1n) is 5.01. The highest BCUT2D eigenvalue weighted by atomic mass is 19.1. The van der Waals surface area contributed by atoms with E-state index in [0.29, 0.717) is 12.4 Å². The fourth-order valence-corrected chi connectivity index (χ4v) is 1.53. The van der Waals surface area contributed by atoms with Crippen molar-refractivity contribution in [2.75, 3.05) is 7.05 Å². The molecule has 0 bridgehead atoms. The summed E-state index contributed by atoms with van der Waals surface area (Å²) in [7, 11) is 1.81. The normalized spacial score (nSPS) is 10.7. The van der Waals surface area contributed by atoms with Gasteiger partial charge < -0.3 is 5.32 Å². The molecule has 0 aliphatic heterocycles. The van der Waals surface area contributed by atoms with Gasteiger partial charge in [-0.25, -0.2) is 14.1 Å². The van der Waals surface area contributed by atoms with Crippen molar-refractivity contribution in [3.05, 3.63) is 41.6 Å². The van der Waals surface area contributed by atoms with Crippen LogP contribution < -0.4 is 5.32 Å². The van der Waals surface area contributed by atoms with Crippen LogP contribution in [0.1, 0.15) is 11.1 Å². The predicted molar refractivity (Wildman–Crippen MR) is 58.8 cm³/mol. The fraction of sp³-hybridized carbons (Fsp3) is 0.273. The molecule has 16 heavy (non-hydrogen) atoms. The molecule has 0 aromatic carbocycles. The summed E-state index contributed by atoms with van der Waals surface area (Å²) in [5.74, 6) is 0.321. The molecule has 0 amide bonds. The van der Waals surface area contributed by atoms with Crippen LogP contribution in [0, 0.1) is 12.7 Å². The number of hydrogen-bond acceptors (Lipinski definition) is 3. The Labute approximate surface area is 93.1 Å². The summed E-state index contributed by atoms with van der Waals surface area (Å²) in [6.07, 6.45) is 4.80. The van der Waals surface area contributed by atoms with E-state index in [9.17, 15) is 4.39 Å². The van der Waals surface area contributed by atoms with Crippen molar-refractivity contribution in [1.29, 1.82) is 0 Å². The van der Waals surface area contributed by atoms with E-state index >= 15 is 0 Å². The summed E-state index contributed by atoms with van der Waals surface area (Å²) in [5.41, 5.74) is 1.83. The minimum atomic E-state index is -0.335. The molecule has 2 rings (SSSR count). The summed E-state index contributed by atoms with van der Waals surface area (Å²) in [6.45, 7) is 2.50. The lowest BCUT2D eigenvalue weighted by molar-refractivity contribution is 0.613. The van der Waals surface area contributed by atoms with Gasteiger partial charge in [-0.3, -0.25) is 0 Å². The average Bonchev–Trinajstić information content (AvgIpc) is 2.65. The van der Waals surface area contributed by atoms with Gasteiger partial charge >= 0.3 is 0 Å². The summed E-state index contributed by atoms with van der Waals surface area (Å²) in [4.78, 5) is 4.07. The number of aromatic nitrogens is 3. The van der Waals surface area contributed by atoms with Crippen LogP contribution in [0.5, 0.6) is 0 Å². The number of nitrogens with zero attached hydrogens (tertiary/aromatic N) is 3. The molecule has 1 N–H and O–H groups in total. The summed E-state index contributed by atoms with van der Waals surface area (Å²) in [6, 6.07) is 1.47. The van der Waals surface area contributed by atoms with Crippen LogP contribution in [0.2, 0.25) is 0 Å². The Bertz CT molecular complexity index is 492. The van der Waals surface area contributed by atoms with Crippen molar-refractivity contribution in [2.45, 2.75) is 13.5 Å². The second-order valence-corrected chi connectivity index (χ2v) is 3.63. The van der Waals surface area contributed by atoms with Gasteiger partial charge in [0.2, 0.25) is 0 Å². The Morgan fingerprint density at radius 2 is 2.25 bits per heavy atom. The molecule has 0 saturated heterocycles. The number of nitrogens with one attached hydrogen (secondary N) is 1. The molecule has 2 aromatic rings. The van der Waals surface area contributed by atoms with Gasteiger partial charge in [0.1, 0.15) is 5.82 Å². The first-order chi connectivity index (χ1) is 7.70. The molecule has 0 unspecified atom stereocenters. The molecule has 84 valence electrons. The number of rotatable bonds is 3. The van der Waals surface area contributed by atoms with E-state index in [1.807, 2.05) is 20.2 Å². The fourth-order valence-electron chi connectivity index (χ4n) is 1.53. The Balaban J connectivity index is 2.47. The molecule has 0 atom stereocenters. The maximum atomic E-state index is 13.1. The maximum absolute atomic E-state index is 13.1. The van der Waals surface area contributed by atoms with E-state index in [1.165, 1.54) is 12.3 Å². The third-order valence-electron chi connectivity index (χ3n) is 2.21. The number of hydrogen-bond donors (Lipinski definition) is 1. The summed E-state index contributed by atoms with van der Waals surface area (Å²) >= 11 is 0. The molecule has 0 aliphatic carbocycles. The van der Waals surface area contributed by atoms with Crippen LogP contribution in [0.4, 0.5) is 4.39 Å². The number of aryl methyl sites for hydroxylation is 1. The van der Waals surface area contributed by atoms with Gasteiger partial charge in [-0.2, -0.15) is 5.10 Å². The summed E-state index contributed by atoms with van der Waals surface area (Å²) < 4.78 is 14.7. The van der Waals surface area contributed by atoms with Crippen LogP contribution in [0.25, 0.3) is 5.82 Å². The number of halogens is 1. The van der Waals surface area contributed by atoms with Gasteiger partial charge in [0, 0.05) is 18.3 Å². The second kappa shape index (κ2) is 4.40. The van der Waals surface area contributed by atoms with Crippen LogP contribution in [-0.4, -0.2) is 21.8 Å². The third kappa shape index (κ3) is 2.09. The highest BCUT2D eigenvalue weighted by molar-refractivity contribution is 5.33. The van der Waals surface area contributed by atoms with E-state index in [-0.39, 0.29) is 5.82 Å². The molecule has 0 radical (unpaired) electrons. The highest BCUT2D eigenvalue weighted by Gasteiger charge is 2.08. The van der Waals surface area contributed by atoms with Crippen molar-refractivity contribution in [3.63, 3.8) is 0 Å². The Hall–Kier alpha value is -1.75. The SMILES string of the molecule is CNCc1cc(F)cnc1-n1cc(C)cn1. The van der Waals surface area contributed by atoms with E-state index in [1.54, 1.807) is 10.9 Å². The molecule has 2 aromatic heterocycles. The third-order valence-corrected chi connectivity index (χ3v) is 2.21. The van der Waals surface area contributed by atoms with Crippen LogP contribution in [0.15, 0.2) is 24.7 Å². The zero-order valence-corrected chi connectivity index (χ0v) is 9.24. The van der Waals surface area contributed by atoms with Crippen molar-refractivity contribution < 1.29 is 4.39 Å². The minimum absolute atomic E-state index is 0.335. The van der Waals surface area contributed by atoms with Gasteiger partial charge in [-0.1, -0.05) is 0 Å². The minimum Gasteiger partial charge on any atom is -0.316 e. The molecule has 0 spiro atoms. The molecule has 0 fully saturated rings. The zero-order valence-electron chi connectivity index (χ0n) is 9.24. The first-order valence-corrected chi connectivity index (χ1v) is 5.01. The lowest BCUT2D eigenvalue weighted by atomic mass is 10.2. The van der Waals surface area contributed by atoms with Crippen molar-refractivity contribution in [1.82, 2.24) is 20.1 Å². The smallest absolute Gasteiger partial charge is 0.157 e. The van der Waals surface area contributed by atoms with Crippen LogP contribution >= 0.6 is 0 Å².